The fraction of sp³-hybridized carbons (Fsp3) is 0.500. The van der Waals surface area contributed by atoms with E-state index < -0.39 is 0 Å². The Morgan fingerprint density at radius 3 is 2.40 bits per heavy atom. The Morgan fingerprint density at radius 2 is 1.80 bits per heavy atom. The zero-order valence-corrected chi connectivity index (χ0v) is 9.52. The van der Waals surface area contributed by atoms with Gasteiger partial charge in [0.2, 0.25) is 5.91 Å². The normalized spacial score (nSPS) is 10.0. The average molecular weight is 207 g/mol. The Labute approximate surface area is 91.3 Å². The predicted molar refractivity (Wildman–Crippen MR) is 59.2 cm³/mol. The molecule has 0 saturated heterocycles. The first-order valence-electron chi connectivity index (χ1n) is 5.34. The topological polar surface area (TPSA) is 24.2 Å². The van der Waals surface area contributed by atoms with Gasteiger partial charge in [-0.25, -0.2) is 4.57 Å². The first kappa shape index (κ1) is 11.7. The van der Waals surface area contributed by atoms with Crippen molar-refractivity contribution in [2.24, 2.45) is 0 Å². The summed E-state index contributed by atoms with van der Waals surface area (Å²) < 4.78 is 2.14. The SMILES string of the molecule is CN(C)C(=O)CCCC[n+]1ccccc1. The van der Waals surface area contributed by atoms with E-state index in [1.807, 2.05) is 30.6 Å². The molecule has 1 aromatic heterocycles. The van der Waals surface area contributed by atoms with Gasteiger partial charge in [-0.3, -0.25) is 4.79 Å². The minimum atomic E-state index is 0.216. The molecule has 82 valence electrons. The van der Waals surface area contributed by atoms with Gasteiger partial charge < -0.3 is 4.90 Å². The number of carbonyl (C=O) groups is 1. The Hall–Kier alpha value is -1.38. The Balaban J connectivity index is 2.15. The van der Waals surface area contributed by atoms with Gasteiger partial charge in [0.15, 0.2) is 12.4 Å². The molecular formula is C12H19N2O+. The maximum atomic E-state index is 11.3. The number of amides is 1. The van der Waals surface area contributed by atoms with Crippen molar-refractivity contribution in [3.8, 4) is 0 Å². The Morgan fingerprint density at radius 1 is 1.13 bits per heavy atom. The molecule has 1 amide bonds. The minimum Gasteiger partial charge on any atom is -0.349 e. The van der Waals surface area contributed by atoms with Gasteiger partial charge in [0.1, 0.15) is 6.54 Å². The molecule has 0 aliphatic carbocycles. The van der Waals surface area contributed by atoms with Crippen LogP contribution in [0.15, 0.2) is 30.6 Å². The molecule has 0 atom stereocenters. The molecule has 0 N–H and O–H groups in total. The van der Waals surface area contributed by atoms with E-state index in [1.165, 1.54) is 0 Å². The predicted octanol–water partition coefficient (Wildman–Crippen LogP) is 1.23. The van der Waals surface area contributed by atoms with E-state index in [0.29, 0.717) is 6.42 Å². The second kappa shape index (κ2) is 6.17. The number of pyridine rings is 1. The zero-order valence-electron chi connectivity index (χ0n) is 9.52. The average Bonchev–Trinajstić information content (AvgIpc) is 2.25. The number of nitrogens with zero attached hydrogens (tertiary/aromatic N) is 2. The number of aromatic nitrogens is 1. The molecule has 15 heavy (non-hydrogen) atoms. The lowest BCUT2D eigenvalue weighted by Gasteiger charge is -2.08. The van der Waals surface area contributed by atoms with Crippen LogP contribution >= 0.6 is 0 Å². The van der Waals surface area contributed by atoms with E-state index in [1.54, 1.807) is 19.0 Å². The molecule has 1 heterocycles. The van der Waals surface area contributed by atoms with Crippen LogP contribution < -0.4 is 4.57 Å². The molecule has 0 aliphatic heterocycles. The number of carbonyl (C=O) groups excluding carboxylic acids is 1. The van der Waals surface area contributed by atoms with Crippen LogP contribution in [0, 0.1) is 0 Å². The van der Waals surface area contributed by atoms with E-state index in [4.69, 9.17) is 0 Å². The Kier molecular flexibility index (Phi) is 4.81. The molecule has 0 bridgehead atoms. The van der Waals surface area contributed by atoms with Gasteiger partial charge in [0.25, 0.3) is 0 Å². The fourth-order valence-corrected chi connectivity index (χ4v) is 1.38. The summed E-state index contributed by atoms with van der Waals surface area (Å²) in [5.41, 5.74) is 0. The number of hydrogen-bond donors (Lipinski definition) is 0. The summed E-state index contributed by atoms with van der Waals surface area (Å²) in [4.78, 5) is 12.9. The summed E-state index contributed by atoms with van der Waals surface area (Å²) in [7, 11) is 3.60. The number of hydrogen-bond acceptors (Lipinski definition) is 1. The van der Waals surface area contributed by atoms with Crippen LogP contribution in [-0.2, 0) is 11.3 Å². The quantitative estimate of drug-likeness (QED) is 0.526. The van der Waals surface area contributed by atoms with Gasteiger partial charge in [-0.2, -0.15) is 0 Å². The van der Waals surface area contributed by atoms with Gasteiger partial charge >= 0.3 is 0 Å². The third-order valence-electron chi connectivity index (χ3n) is 2.33. The second-order valence-electron chi connectivity index (χ2n) is 3.86. The molecule has 0 fully saturated rings. The third kappa shape index (κ3) is 4.58. The summed E-state index contributed by atoms with van der Waals surface area (Å²) in [5, 5.41) is 0. The highest BCUT2D eigenvalue weighted by atomic mass is 16.2. The van der Waals surface area contributed by atoms with Crippen LogP contribution in [0.5, 0.6) is 0 Å². The van der Waals surface area contributed by atoms with Crippen LogP contribution in [0.2, 0.25) is 0 Å². The molecule has 0 aliphatic rings. The Bertz CT molecular complexity index is 296. The summed E-state index contributed by atoms with van der Waals surface area (Å²) >= 11 is 0. The molecule has 0 radical (unpaired) electrons. The molecular weight excluding hydrogens is 188 g/mol. The van der Waals surface area contributed by atoms with E-state index in [2.05, 4.69) is 4.57 Å². The lowest BCUT2D eigenvalue weighted by molar-refractivity contribution is -0.697. The van der Waals surface area contributed by atoms with E-state index in [0.717, 1.165) is 19.4 Å². The lowest BCUT2D eigenvalue weighted by atomic mass is 10.2. The summed E-state index contributed by atoms with van der Waals surface area (Å²) in [6, 6.07) is 6.04. The van der Waals surface area contributed by atoms with E-state index in [9.17, 15) is 4.79 Å². The largest absolute Gasteiger partial charge is 0.349 e. The van der Waals surface area contributed by atoms with E-state index in [-0.39, 0.29) is 5.91 Å². The van der Waals surface area contributed by atoms with Crippen molar-refractivity contribution in [2.75, 3.05) is 14.1 Å². The van der Waals surface area contributed by atoms with Crippen molar-refractivity contribution >= 4 is 5.91 Å². The molecule has 1 rings (SSSR count). The number of rotatable bonds is 5. The highest BCUT2D eigenvalue weighted by molar-refractivity contribution is 5.75. The zero-order chi connectivity index (χ0) is 11.1. The van der Waals surface area contributed by atoms with Crippen molar-refractivity contribution in [1.29, 1.82) is 0 Å². The van der Waals surface area contributed by atoms with Gasteiger partial charge in [-0.15, -0.1) is 0 Å². The summed E-state index contributed by atoms with van der Waals surface area (Å²) in [6.45, 7) is 0.988. The van der Waals surface area contributed by atoms with Crippen molar-refractivity contribution < 1.29 is 9.36 Å². The van der Waals surface area contributed by atoms with Gasteiger partial charge in [-0.05, 0) is 6.42 Å². The standard InChI is InChI=1S/C12H19N2O/c1-13(2)12(15)8-4-7-11-14-9-5-3-6-10-14/h3,5-6,9-10H,4,7-8,11H2,1-2H3/q+1. The van der Waals surface area contributed by atoms with Crippen LogP contribution in [0.3, 0.4) is 0 Å². The highest BCUT2D eigenvalue weighted by Gasteiger charge is 2.04. The summed E-state index contributed by atoms with van der Waals surface area (Å²) in [5.74, 6) is 0.216. The monoisotopic (exact) mass is 207 g/mol. The van der Waals surface area contributed by atoms with Gasteiger partial charge in [-0.1, -0.05) is 6.07 Å². The first-order valence-corrected chi connectivity index (χ1v) is 5.34. The maximum Gasteiger partial charge on any atom is 0.222 e. The molecule has 3 heteroatoms. The highest BCUT2D eigenvalue weighted by Crippen LogP contribution is 1.97. The van der Waals surface area contributed by atoms with Crippen molar-refractivity contribution in [2.45, 2.75) is 25.8 Å². The third-order valence-corrected chi connectivity index (χ3v) is 2.33. The second-order valence-corrected chi connectivity index (χ2v) is 3.86. The van der Waals surface area contributed by atoms with Crippen LogP contribution in [0.4, 0.5) is 0 Å². The maximum absolute atomic E-state index is 11.3. The first-order chi connectivity index (χ1) is 7.20. The van der Waals surface area contributed by atoms with Crippen molar-refractivity contribution in [3.05, 3.63) is 30.6 Å². The minimum absolute atomic E-state index is 0.216. The molecule has 3 nitrogen and oxygen atoms in total. The van der Waals surface area contributed by atoms with E-state index >= 15 is 0 Å². The molecule has 0 saturated carbocycles. The smallest absolute Gasteiger partial charge is 0.222 e. The van der Waals surface area contributed by atoms with Gasteiger partial charge in [0, 0.05) is 39.1 Å². The fourth-order valence-electron chi connectivity index (χ4n) is 1.38. The molecule has 0 spiro atoms. The number of aryl methyl sites for hydroxylation is 1. The van der Waals surface area contributed by atoms with Crippen molar-refractivity contribution in [1.82, 2.24) is 4.90 Å². The van der Waals surface area contributed by atoms with Gasteiger partial charge in [0.05, 0.1) is 0 Å². The van der Waals surface area contributed by atoms with Crippen molar-refractivity contribution in [3.63, 3.8) is 0 Å². The molecule has 0 aromatic carbocycles. The van der Waals surface area contributed by atoms with Crippen LogP contribution in [0.25, 0.3) is 0 Å². The van der Waals surface area contributed by atoms with Crippen LogP contribution in [-0.4, -0.2) is 24.9 Å². The number of unbranched alkanes of at least 4 members (excludes halogenated alkanes) is 1. The lowest BCUT2D eigenvalue weighted by Crippen LogP contribution is -2.32. The molecule has 0 unspecified atom stereocenters. The molecule has 1 aromatic rings. The summed E-state index contributed by atoms with van der Waals surface area (Å²) in [6.07, 6.45) is 6.76. The van der Waals surface area contributed by atoms with Crippen LogP contribution in [0.1, 0.15) is 19.3 Å².